The van der Waals surface area contributed by atoms with E-state index in [-0.39, 0.29) is 0 Å². The summed E-state index contributed by atoms with van der Waals surface area (Å²) in [4.78, 5) is 7.33. The lowest BCUT2D eigenvalue weighted by atomic mass is 9.49. The Hall–Kier alpha value is -0.0800. The number of fused-ring (bicyclic) bond motifs is 4. The van der Waals surface area contributed by atoms with Crippen molar-refractivity contribution in [1.29, 1.82) is 0 Å². The van der Waals surface area contributed by atoms with Gasteiger partial charge in [0, 0.05) is 36.3 Å². The van der Waals surface area contributed by atoms with Crippen LogP contribution in [0.4, 0.5) is 0 Å². The van der Waals surface area contributed by atoms with Gasteiger partial charge in [-0.2, -0.15) is 0 Å². The lowest BCUT2D eigenvalue weighted by molar-refractivity contribution is -0.174. The largest absolute Gasteiger partial charge is 0.294 e. The molecule has 0 bridgehead atoms. The van der Waals surface area contributed by atoms with E-state index in [2.05, 4.69) is 9.80 Å². The van der Waals surface area contributed by atoms with Crippen LogP contribution in [0.2, 0.25) is 0 Å². The van der Waals surface area contributed by atoms with Crippen molar-refractivity contribution in [3.8, 4) is 0 Å². The smallest absolute Gasteiger partial charge is 0.0164 e. The molecular formula is C58H98N2. The van der Waals surface area contributed by atoms with E-state index in [4.69, 9.17) is 0 Å². The molecule has 14 unspecified atom stereocenters. The number of hydrogen-bond donors (Lipinski definition) is 0. The Kier molecular flexibility index (Phi) is 14.0. The Morgan fingerprint density at radius 1 is 0.200 bits per heavy atom. The van der Waals surface area contributed by atoms with Gasteiger partial charge in [0.1, 0.15) is 0 Å². The molecule has 60 heavy (non-hydrogen) atoms. The molecule has 0 aromatic carbocycles. The first-order valence-electron chi connectivity index (χ1n) is 29.3. The second kappa shape index (κ2) is 19.8. The van der Waals surface area contributed by atoms with Crippen LogP contribution in [0.15, 0.2) is 0 Å². The fourth-order valence-corrected chi connectivity index (χ4v) is 20.5. The second-order valence-corrected chi connectivity index (χ2v) is 25.5. The van der Waals surface area contributed by atoms with Crippen LogP contribution in [-0.4, -0.2) is 46.1 Å². The molecule has 11 rings (SSSR count). The standard InChI is InChI=1S/C58H98N2/c1-5-19-41(20-6-1)45-35-37-51-53(39-45)57(59(47-27-9-3-10-28-47)55-33-17-25-43-23-13-15-31-49(43)55)52-38-36-46(42-21-7-2-8-22-42)40-54(52)58(51)60(48-29-11-4-12-30-48)56-34-18-26-44-24-14-16-32-50(44)56/h41-58H,1-40H2. The summed E-state index contributed by atoms with van der Waals surface area (Å²) >= 11 is 0. The van der Waals surface area contributed by atoms with Crippen molar-refractivity contribution in [3.05, 3.63) is 0 Å². The monoisotopic (exact) mass is 823 g/mol. The number of hydrogen-bond acceptors (Lipinski definition) is 2. The number of nitrogens with zero attached hydrogens (tertiary/aromatic N) is 2. The van der Waals surface area contributed by atoms with E-state index in [9.17, 15) is 0 Å². The molecule has 14 atom stereocenters. The van der Waals surface area contributed by atoms with Crippen molar-refractivity contribution in [2.24, 2.45) is 71.0 Å². The Morgan fingerprint density at radius 3 is 0.950 bits per heavy atom. The van der Waals surface area contributed by atoms with Crippen LogP contribution in [0.1, 0.15) is 257 Å². The highest BCUT2D eigenvalue weighted by Crippen LogP contribution is 2.61. The van der Waals surface area contributed by atoms with Gasteiger partial charge in [0.15, 0.2) is 0 Å². The van der Waals surface area contributed by atoms with Gasteiger partial charge >= 0.3 is 0 Å². The third-order valence-electron chi connectivity index (χ3n) is 22.9. The van der Waals surface area contributed by atoms with Crippen molar-refractivity contribution in [1.82, 2.24) is 9.80 Å². The van der Waals surface area contributed by atoms with E-state index in [0.717, 1.165) is 107 Å². The molecule has 0 saturated heterocycles. The molecule has 0 spiro atoms. The van der Waals surface area contributed by atoms with Crippen molar-refractivity contribution in [2.75, 3.05) is 0 Å². The summed E-state index contributed by atoms with van der Waals surface area (Å²) in [5, 5.41) is 0. The van der Waals surface area contributed by atoms with E-state index >= 15 is 0 Å². The maximum atomic E-state index is 3.67. The zero-order valence-electron chi connectivity index (χ0n) is 39.6. The third-order valence-corrected chi connectivity index (χ3v) is 22.9. The lowest BCUT2D eigenvalue weighted by Gasteiger charge is -2.67. The molecule has 0 heterocycles. The van der Waals surface area contributed by atoms with Crippen molar-refractivity contribution >= 4 is 0 Å². The summed E-state index contributed by atoms with van der Waals surface area (Å²) < 4.78 is 0. The molecule has 11 aliphatic carbocycles. The molecule has 2 heteroatoms. The minimum Gasteiger partial charge on any atom is -0.294 e. The van der Waals surface area contributed by atoms with Crippen molar-refractivity contribution in [3.63, 3.8) is 0 Å². The summed E-state index contributed by atoms with van der Waals surface area (Å²) in [6, 6.07) is 5.52. The van der Waals surface area contributed by atoms with Gasteiger partial charge in [-0.1, -0.05) is 167 Å². The summed E-state index contributed by atoms with van der Waals surface area (Å²) in [5.41, 5.74) is 0. The molecule has 0 aliphatic heterocycles. The molecule has 340 valence electrons. The summed E-state index contributed by atoms with van der Waals surface area (Å²) in [6.45, 7) is 0. The van der Waals surface area contributed by atoms with Gasteiger partial charge in [-0.25, -0.2) is 0 Å². The molecule has 0 N–H and O–H groups in total. The van der Waals surface area contributed by atoms with E-state index in [1.54, 1.807) is 205 Å². The highest BCUT2D eigenvalue weighted by Gasteiger charge is 2.61. The fourth-order valence-electron chi connectivity index (χ4n) is 20.5. The van der Waals surface area contributed by atoms with Crippen LogP contribution in [0, 0.1) is 71.0 Å². The first kappa shape index (κ1) is 42.5. The van der Waals surface area contributed by atoms with Crippen LogP contribution in [0.3, 0.4) is 0 Å². The van der Waals surface area contributed by atoms with Crippen LogP contribution in [-0.2, 0) is 0 Å². The van der Waals surface area contributed by atoms with E-state index in [0.29, 0.717) is 0 Å². The van der Waals surface area contributed by atoms with E-state index in [1.165, 1.54) is 51.4 Å². The van der Waals surface area contributed by atoms with Gasteiger partial charge in [0.25, 0.3) is 0 Å². The third kappa shape index (κ3) is 8.58. The molecule has 0 aromatic rings. The first-order chi connectivity index (χ1) is 29.8. The molecule has 0 radical (unpaired) electrons. The highest BCUT2D eigenvalue weighted by atomic mass is 15.3. The van der Waals surface area contributed by atoms with E-state index < -0.39 is 0 Å². The zero-order valence-corrected chi connectivity index (χ0v) is 39.6. The maximum Gasteiger partial charge on any atom is 0.0164 e. The Morgan fingerprint density at radius 2 is 0.533 bits per heavy atom. The Labute approximate surface area is 372 Å². The molecule has 11 saturated carbocycles. The molecule has 2 nitrogen and oxygen atoms in total. The van der Waals surface area contributed by atoms with Gasteiger partial charge in [0.05, 0.1) is 0 Å². The normalized spacial score (nSPS) is 45.7. The Bertz CT molecular complexity index is 1210. The predicted octanol–water partition coefficient (Wildman–Crippen LogP) is 15.9. The van der Waals surface area contributed by atoms with Crippen LogP contribution < -0.4 is 0 Å². The zero-order chi connectivity index (χ0) is 39.8. The molecule has 0 amide bonds. The van der Waals surface area contributed by atoms with E-state index in [1.807, 2.05) is 0 Å². The lowest BCUT2D eigenvalue weighted by Crippen LogP contribution is -2.71. The Balaban J connectivity index is 1.04. The van der Waals surface area contributed by atoms with Crippen LogP contribution >= 0.6 is 0 Å². The average molecular weight is 823 g/mol. The van der Waals surface area contributed by atoms with Gasteiger partial charge < -0.3 is 0 Å². The number of rotatable bonds is 8. The second-order valence-electron chi connectivity index (χ2n) is 25.5. The summed E-state index contributed by atoms with van der Waals surface area (Å²) in [5.74, 6) is 12.4. The fraction of sp³-hybridized carbons (Fsp3) is 1.00. The van der Waals surface area contributed by atoms with Crippen LogP contribution in [0.25, 0.3) is 0 Å². The topological polar surface area (TPSA) is 6.48 Å². The average Bonchev–Trinajstić information content (AvgIpc) is 3.33. The quantitative estimate of drug-likeness (QED) is 0.241. The summed E-state index contributed by atoms with van der Waals surface area (Å²) in [7, 11) is 0. The highest BCUT2D eigenvalue weighted by molar-refractivity contribution is 5.13. The van der Waals surface area contributed by atoms with Crippen molar-refractivity contribution < 1.29 is 0 Å². The molecular weight excluding hydrogens is 725 g/mol. The minimum absolute atomic E-state index is 0.911. The minimum atomic E-state index is 0.911. The van der Waals surface area contributed by atoms with Crippen molar-refractivity contribution in [2.45, 2.75) is 293 Å². The SMILES string of the molecule is C1CCC(C2CCC3C(C2)C(N(C2CCCCC2)C2CCCC4CCCCC42)C2CCC(C4CCCCC4)CC2C3N(C2CCCCC2)C2CCCC3CCCCC32)CC1. The van der Waals surface area contributed by atoms with Gasteiger partial charge in [-0.05, 0) is 161 Å². The van der Waals surface area contributed by atoms with Crippen LogP contribution in [0.5, 0.6) is 0 Å². The van der Waals surface area contributed by atoms with Gasteiger partial charge in [-0.3, -0.25) is 9.80 Å². The summed E-state index contributed by atoms with van der Waals surface area (Å²) in [6.07, 6.45) is 62.8. The molecule has 11 aliphatic rings. The first-order valence-corrected chi connectivity index (χ1v) is 29.3. The molecule has 11 fully saturated rings. The predicted molar refractivity (Wildman–Crippen MR) is 253 cm³/mol. The molecule has 0 aromatic heterocycles. The maximum absolute atomic E-state index is 3.67. The van der Waals surface area contributed by atoms with Gasteiger partial charge in [-0.15, -0.1) is 0 Å². The van der Waals surface area contributed by atoms with Gasteiger partial charge in [0.2, 0.25) is 0 Å².